The number of anilines is 1. The number of halogens is 1. The van der Waals surface area contributed by atoms with E-state index in [-0.39, 0.29) is 5.91 Å². The van der Waals surface area contributed by atoms with Crippen LogP contribution in [-0.2, 0) is 4.79 Å². The lowest BCUT2D eigenvalue weighted by atomic mass is 10.1. The molecule has 4 nitrogen and oxygen atoms in total. The lowest BCUT2D eigenvalue weighted by Gasteiger charge is -2.18. The van der Waals surface area contributed by atoms with E-state index in [4.69, 9.17) is 11.0 Å². The van der Waals surface area contributed by atoms with Crippen molar-refractivity contribution in [2.24, 2.45) is 5.73 Å². The predicted molar refractivity (Wildman–Crippen MR) is 65.8 cm³/mol. The van der Waals surface area contributed by atoms with Gasteiger partial charge in [0.2, 0.25) is 5.91 Å². The zero-order chi connectivity index (χ0) is 12.3. The van der Waals surface area contributed by atoms with E-state index >= 15 is 0 Å². The summed E-state index contributed by atoms with van der Waals surface area (Å²) in [5.41, 5.74) is 5.53. The van der Waals surface area contributed by atoms with Crippen molar-refractivity contribution >= 4 is 27.5 Å². The normalized spacial score (nSPS) is 10.7. The maximum absolute atomic E-state index is 11.7. The third kappa shape index (κ3) is 3.05. The van der Waals surface area contributed by atoms with Crippen LogP contribution in [0.1, 0.15) is 19.4 Å². The smallest absolute Gasteiger partial charge is 0.243 e. The number of carbonyl (C=O) groups is 1. The first kappa shape index (κ1) is 12.7. The van der Waals surface area contributed by atoms with Crippen LogP contribution < -0.4 is 11.1 Å². The summed E-state index contributed by atoms with van der Waals surface area (Å²) >= 11 is 3.27. The van der Waals surface area contributed by atoms with Gasteiger partial charge in [-0.1, -0.05) is 15.9 Å². The van der Waals surface area contributed by atoms with Crippen LogP contribution in [0.25, 0.3) is 0 Å². The number of nitrogens with zero attached hydrogens (tertiary/aromatic N) is 1. The van der Waals surface area contributed by atoms with Gasteiger partial charge in [0.05, 0.1) is 16.8 Å². The number of nitriles is 1. The molecular formula is C11H12BrN3O. The van der Waals surface area contributed by atoms with Crippen LogP contribution in [0.15, 0.2) is 22.7 Å². The van der Waals surface area contributed by atoms with Gasteiger partial charge in [-0.2, -0.15) is 5.26 Å². The van der Waals surface area contributed by atoms with Gasteiger partial charge in [0.15, 0.2) is 0 Å². The Kier molecular flexibility index (Phi) is 3.68. The Hall–Kier alpha value is -1.38. The van der Waals surface area contributed by atoms with E-state index in [2.05, 4.69) is 21.2 Å². The number of rotatable bonds is 2. The molecule has 3 N–H and O–H groups in total. The van der Waals surface area contributed by atoms with Crippen LogP contribution in [0, 0.1) is 11.3 Å². The summed E-state index contributed by atoms with van der Waals surface area (Å²) in [6.07, 6.45) is 0. The van der Waals surface area contributed by atoms with Crippen molar-refractivity contribution in [3.8, 4) is 6.07 Å². The molecule has 0 aliphatic carbocycles. The molecule has 0 saturated heterocycles. The van der Waals surface area contributed by atoms with E-state index < -0.39 is 5.54 Å². The molecule has 84 valence electrons. The monoisotopic (exact) mass is 281 g/mol. The Morgan fingerprint density at radius 1 is 1.56 bits per heavy atom. The lowest BCUT2D eigenvalue weighted by Crippen LogP contribution is -2.45. The molecule has 0 unspecified atom stereocenters. The maximum atomic E-state index is 11.7. The number of hydrogen-bond acceptors (Lipinski definition) is 3. The van der Waals surface area contributed by atoms with Crippen LogP contribution in [0.3, 0.4) is 0 Å². The van der Waals surface area contributed by atoms with Gasteiger partial charge in [0, 0.05) is 4.47 Å². The third-order valence-corrected chi connectivity index (χ3v) is 2.43. The predicted octanol–water partition coefficient (Wildman–Crippen LogP) is 2.00. The van der Waals surface area contributed by atoms with Gasteiger partial charge in [-0.3, -0.25) is 4.79 Å². The summed E-state index contributed by atoms with van der Waals surface area (Å²) in [6.45, 7) is 3.21. The highest BCUT2D eigenvalue weighted by atomic mass is 79.9. The van der Waals surface area contributed by atoms with Gasteiger partial charge in [0.1, 0.15) is 6.07 Å². The second-order valence-electron chi connectivity index (χ2n) is 3.98. The molecule has 0 aliphatic heterocycles. The molecule has 0 aliphatic rings. The first-order valence-electron chi connectivity index (χ1n) is 4.64. The molecule has 1 amide bonds. The molecule has 0 saturated carbocycles. The van der Waals surface area contributed by atoms with Crippen LogP contribution >= 0.6 is 15.9 Å². The van der Waals surface area contributed by atoms with Crippen molar-refractivity contribution in [2.45, 2.75) is 19.4 Å². The fraction of sp³-hybridized carbons (Fsp3) is 0.273. The Morgan fingerprint density at radius 2 is 2.19 bits per heavy atom. The minimum Gasteiger partial charge on any atom is -0.323 e. The summed E-state index contributed by atoms with van der Waals surface area (Å²) in [7, 11) is 0. The van der Waals surface area contributed by atoms with Gasteiger partial charge in [-0.15, -0.1) is 0 Å². The Bertz CT molecular complexity index is 457. The number of nitrogens with one attached hydrogen (secondary N) is 1. The van der Waals surface area contributed by atoms with Crippen LogP contribution in [0.2, 0.25) is 0 Å². The van der Waals surface area contributed by atoms with Crippen molar-refractivity contribution < 1.29 is 4.79 Å². The highest BCUT2D eigenvalue weighted by Gasteiger charge is 2.22. The van der Waals surface area contributed by atoms with Crippen molar-refractivity contribution in [3.63, 3.8) is 0 Å². The highest BCUT2D eigenvalue weighted by molar-refractivity contribution is 9.10. The van der Waals surface area contributed by atoms with Crippen molar-refractivity contribution in [3.05, 3.63) is 28.2 Å². The lowest BCUT2D eigenvalue weighted by molar-refractivity contribution is -0.120. The SMILES string of the molecule is CC(C)(N)C(=O)Nc1cc(Br)ccc1C#N. The van der Waals surface area contributed by atoms with Crippen molar-refractivity contribution in [2.75, 3.05) is 5.32 Å². The van der Waals surface area contributed by atoms with Crippen LogP contribution in [0.5, 0.6) is 0 Å². The van der Waals surface area contributed by atoms with Gasteiger partial charge < -0.3 is 11.1 Å². The Balaban J connectivity index is 3.02. The Labute approximate surface area is 103 Å². The minimum atomic E-state index is -0.977. The topological polar surface area (TPSA) is 78.9 Å². The molecule has 0 radical (unpaired) electrons. The molecule has 0 atom stereocenters. The molecule has 16 heavy (non-hydrogen) atoms. The van der Waals surface area contributed by atoms with E-state index in [0.717, 1.165) is 4.47 Å². The summed E-state index contributed by atoms with van der Waals surface area (Å²) < 4.78 is 0.789. The molecule has 1 rings (SSSR count). The number of carbonyl (C=O) groups excluding carboxylic acids is 1. The van der Waals surface area contributed by atoms with Crippen LogP contribution in [0.4, 0.5) is 5.69 Å². The molecule has 1 aromatic carbocycles. The maximum Gasteiger partial charge on any atom is 0.243 e. The van der Waals surface area contributed by atoms with E-state index in [1.54, 1.807) is 32.0 Å². The first-order chi connectivity index (χ1) is 7.34. The van der Waals surface area contributed by atoms with Gasteiger partial charge in [-0.05, 0) is 32.0 Å². The number of nitrogens with two attached hydrogens (primary N) is 1. The van der Waals surface area contributed by atoms with E-state index in [0.29, 0.717) is 11.3 Å². The molecule has 5 heteroatoms. The standard InChI is InChI=1S/C11H12BrN3O/c1-11(2,14)10(16)15-9-5-8(12)4-3-7(9)6-13/h3-5H,14H2,1-2H3,(H,15,16). The molecule has 0 heterocycles. The molecule has 0 spiro atoms. The summed E-state index contributed by atoms with van der Waals surface area (Å²) in [4.78, 5) is 11.7. The highest BCUT2D eigenvalue weighted by Crippen LogP contribution is 2.21. The average molecular weight is 282 g/mol. The second kappa shape index (κ2) is 4.64. The average Bonchev–Trinajstić information content (AvgIpc) is 2.16. The molecular weight excluding hydrogens is 270 g/mol. The van der Waals surface area contributed by atoms with E-state index in [9.17, 15) is 4.79 Å². The van der Waals surface area contributed by atoms with E-state index in [1.165, 1.54) is 0 Å². The quantitative estimate of drug-likeness (QED) is 0.870. The molecule has 0 fully saturated rings. The summed E-state index contributed by atoms with van der Waals surface area (Å²) in [5, 5.41) is 11.5. The second-order valence-corrected chi connectivity index (χ2v) is 4.89. The van der Waals surface area contributed by atoms with Crippen LogP contribution in [-0.4, -0.2) is 11.4 Å². The van der Waals surface area contributed by atoms with E-state index in [1.807, 2.05) is 6.07 Å². The third-order valence-electron chi connectivity index (χ3n) is 1.94. The fourth-order valence-electron chi connectivity index (χ4n) is 1.00. The minimum absolute atomic E-state index is 0.331. The first-order valence-corrected chi connectivity index (χ1v) is 5.44. The molecule has 1 aromatic rings. The van der Waals surface area contributed by atoms with Crippen molar-refractivity contribution in [1.82, 2.24) is 0 Å². The number of benzene rings is 1. The largest absolute Gasteiger partial charge is 0.323 e. The molecule has 0 bridgehead atoms. The summed E-state index contributed by atoms with van der Waals surface area (Å²) in [5.74, 6) is -0.331. The Morgan fingerprint density at radius 3 is 2.69 bits per heavy atom. The van der Waals surface area contributed by atoms with Crippen molar-refractivity contribution in [1.29, 1.82) is 5.26 Å². The van der Waals surface area contributed by atoms with Gasteiger partial charge >= 0.3 is 0 Å². The zero-order valence-corrected chi connectivity index (χ0v) is 10.6. The van der Waals surface area contributed by atoms with Gasteiger partial charge in [-0.25, -0.2) is 0 Å². The summed E-state index contributed by atoms with van der Waals surface area (Å²) in [6, 6.07) is 7.04. The number of amides is 1. The fourth-order valence-corrected chi connectivity index (χ4v) is 1.36. The zero-order valence-electron chi connectivity index (χ0n) is 9.04. The molecule has 0 aromatic heterocycles. The number of hydrogen-bond donors (Lipinski definition) is 2. The van der Waals surface area contributed by atoms with Gasteiger partial charge in [0.25, 0.3) is 0 Å².